The van der Waals surface area contributed by atoms with Gasteiger partial charge < -0.3 is 15.1 Å². The van der Waals surface area contributed by atoms with Crippen LogP contribution in [-0.4, -0.2) is 23.3 Å². The van der Waals surface area contributed by atoms with Gasteiger partial charge in [-0.15, -0.1) is 0 Å². The first-order chi connectivity index (χ1) is 13.2. The summed E-state index contributed by atoms with van der Waals surface area (Å²) in [5, 5.41) is 5.37. The minimum absolute atomic E-state index is 0.0491. The number of carbonyl (C=O) groups is 2. The molecule has 0 spiro atoms. The Hall–Kier alpha value is -3.41. The van der Waals surface area contributed by atoms with E-state index in [-0.39, 0.29) is 24.8 Å². The molecule has 2 N–H and O–H groups in total. The Labute approximate surface area is 157 Å². The van der Waals surface area contributed by atoms with Crippen LogP contribution in [0.25, 0.3) is 11.3 Å². The second-order valence-corrected chi connectivity index (χ2v) is 6.02. The van der Waals surface area contributed by atoms with Crippen LogP contribution in [0, 0.1) is 0 Å². The largest absolute Gasteiger partial charge is 0.441 e. The number of rotatable bonds is 8. The summed E-state index contributed by atoms with van der Waals surface area (Å²) in [5.41, 5.74) is 1.95. The number of amides is 2. The van der Waals surface area contributed by atoms with E-state index in [0.717, 1.165) is 11.1 Å². The summed E-state index contributed by atoms with van der Waals surface area (Å²) in [6.45, 7) is 0.390. The van der Waals surface area contributed by atoms with Gasteiger partial charge in [0.2, 0.25) is 11.8 Å². The number of hydrogen-bond acceptors (Lipinski definition) is 4. The molecule has 0 bridgehead atoms. The molecule has 6 nitrogen and oxygen atoms in total. The van der Waals surface area contributed by atoms with Crippen LogP contribution in [0.1, 0.15) is 17.9 Å². The summed E-state index contributed by atoms with van der Waals surface area (Å²) in [4.78, 5) is 27.9. The van der Waals surface area contributed by atoms with Crippen LogP contribution in [0.4, 0.5) is 0 Å². The van der Waals surface area contributed by atoms with Crippen molar-refractivity contribution in [1.29, 1.82) is 0 Å². The summed E-state index contributed by atoms with van der Waals surface area (Å²) in [6.07, 6.45) is 2.24. The number of oxazole rings is 1. The van der Waals surface area contributed by atoms with Gasteiger partial charge in [0, 0.05) is 24.9 Å². The Kier molecular flexibility index (Phi) is 6.35. The molecule has 0 saturated heterocycles. The van der Waals surface area contributed by atoms with E-state index in [2.05, 4.69) is 15.6 Å². The summed E-state index contributed by atoms with van der Waals surface area (Å²) in [7, 11) is 0. The molecule has 1 heterocycles. The van der Waals surface area contributed by atoms with E-state index < -0.39 is 0 Å². The number of carbonyl (C=O) groups excluding carboxylic acids is 2. The average Bonchev–Trinajstić information content (AvgIpc) is 3.20. The summed E-state index contributed by atoms with van der Waals surface area (Å²) in [5.74, 6) is 0.725. The molecule has 0 atom stereocenters. The fourth-order valence-corrected chi connectivity index (χ4v) is 2.51. The molecule has 138 valence electrons. The highest BCUT2D eigenvalue weighted by molar-refractivity contribution is 5.84. The number of benzene rings is 2. The van der Waals surface area contributed by atoms with Crippen molar-refractivity contribution in [3.63, 3.8) is 0 Å². The van der Waals surface area contributed by atoms with Crippen LogP contribution < -0.4 is 10.6 Å². The zero-order valence-electron chi connectivity index (χ0n) is 14.9. The number of nitrogens with zero attached hydrogens (tertiary/aromatic N) is 1. The van der Waals surface area contributed by atoms with Gasteiger partial charge >= 0.3 is 0 Å². The van der Waals surface area contributed by atoms with E-state index in [9.17, 15) is 9.59 Å². The number of aromatic nitrogens is 1. The van der Waals surface area contributed by atoms with Gasteiger partial charge in [0.05, 0.1) is 12.7 Å². The molecule has 2 amide bonds. The highest BCUT2D eigenvalue weighted by Gasteiger charge is 2.10. The number of aryl methyl sites for hydroxylation is 1. The van der Waals surface area contributed by atoms with Gasteiger partial charge in [0.25, 0.3) is 0 Å². The highest BCUT2D eigenvalue weighted by Crippen LogP contribution is 2.20. The normalized spacial score (nSPS) is 10.4. The van der Waals surface area contributed by atoms with E-state index in [1.54, 1.807) is 6.20 Å². The summed E-state index contributed by atoms with van der Waals surface area (Å²) < 4.78 is 5.66. The third-order valence-corrected chi connectivity index (χ3v) is 3.96. The molecule has 0 fully saturated rings. The molecule has 6 heteroatoms. The predicted octanol–water partition coefficient (Wildman–Crippen LogP) is 2.71. The lowest BCUT2D eigenvalue weighted by Crippen LogP contribution is -2.36. The van der Waals surface area contributed by atoms with Crippen molar-refractivity contribution >= 4 is 11.8 Å². The lowest BCUT2D eigenvalue weighted by atomic mass is 10.2. The van der Waals surface area contributed by atoms with Crippen LogP contribution >= 0.6 is 0 Å². The number of nitrogens with one attached hydrogen (secondary N) is 2. The topological polar surface area (TPSA) is 84.2 Å². The minimum Gasteiger partial charge on any atom is -0.441 e. The first-order valence-corrected chi connectivity index (χ1v) is 8.78. The standard InChI is InChI=1S/C21H21N3O3/c25-19(23-15-20(26)22-13-16-7-3-1-4-8-16)11-12-21-24-14-18(27-21)17-9-5-2-6-10-17/h1-10,14H,11-13,15H2,(H,22,26)(H,23,25). The molecule has 0 saturated carbocycles. The highest BCUT2D eigenvalue weighted by atomic mass is 16.4. The van der Waals surface area contributed by atoms with E-state index in [0.29, 0.717) is 24.6 Å². The first kappa shape index (κ1) is 18.4. The van der Waals surface area contributed by atoms with Crippen molar-refractivity contribution in [1.82, 2.24) is 15.6 Å². The fourth-order valence-electron chi connectivity index (χ4n) is 2.51. The van der Waals surface area contributed by atoms with Crippen LogP contribution in [0.3, 0.4) is 0 Å². The van der Waals surface area contributed by atoms with E-state index in [1.165, 1.54) is 0 Å². The van der Waals surface area contributed by atoms with Gasteiger partial charge in [-0.25, -0.2) is 4.98 Å². The molecule has 0 radical (unpaired) electrons. The molecule has 0 unspecified atom stereocenters. The Morgan fingerprint density at radius 2 is 1.59 bits per heavy atom. The third kappa shape index (κ3) is 5.81. The lowest BCUT2D eigenvalue weighted by molar-refractivity contribution is -0.126. The maximum absolute atomic E-state index is 11.9. The van der Waals surface area contributed by atoms with Gasteiger partial charge in [-0.1, -0.05) is 60.7 Å². The van der Waals surface area contributed by atoms with Gasteiger partial charge in [-0.3, -0.25) is 9.59 Å². The number of hydrogen-bond donors (Lipinski definition) is 2. The van der Waals surface area contributed by atoms with Crippen molar-refractivity contribution in [2.45, 2.75) is 19.4 Å². The van der Waals surface area contributed by atoms with E-state index in [1.807, 2.05) is 60.7 Å². The zero-order chi connectivity index (χ0) is 18.9. The van der Waals surface area contributed by atoms with Crippen LogP contribution in [-0.2, 0) is 22.6 Å². The van der Waals surface area contributed by atoms with Crippen LogP contribution in [0.5, 0.6) is 0 Å². The molecular weight excluding hydrogens is 342 g/mol. The molecule has 3 aromatic rings. The van der Waals surface area contributed by atoms with Gasteiger partial charge in [-0.05, 0) is 5.56 Å². The quantitative estimate of drug-likeness (QED) is 0.644. The van der Waals surface area contributed by atoms with Gasteiger partial charge in [0.1, 0.15) is 0 Å². The first-order valence-electron chi connectivity index (χ1n) is 8.78. The van der Waals surface area contributed by atoms with E-state index >= 15 is 0 Å². The molecule has 1 aromatic heterocycles. The minimum atomic E-state index is -0.227. The zero-order valence-corrected chi connectivity index (χ0v) is 14.9. The van der Waals surface area contributed by atoms with Crippen molar-refractivity contribution in [3.8, 4) is 11.3 Å². The summed E-state index contributed by atoms with van der Waals surface area (Å²) in [6, 6.07) is 19.3. The van der Waals surface area contributed by atoms with Crippen molar-refractivity contribution in [2.24, 2.45) is 0 Å². The molecule has 0 aliphatic carbocycles. The fraction of sp³-hybridized carbons (Fsp3) is 0.190. The van der Waals surface area contributed by atoms with Gasteiger partial charge in [-0.2, -0.15) is 0 Å². The maximum atomic E-state index is 11.9. The average molecular weight is 363 g/mol. The lowest BCUT2D eigenvalue weighted by Gasteiger charge is -2.06. The molecule has 0 aliphatic rings. The molecular formula is C21H21N3O3. The molecule has 3 rings (SSSR count). The maximum Gasteiger partial charge on any atom is 0.239 e. The Bertz CT molecular complexity index is 876. The Morgan fingerprint density at radius 1 is 0.889 bits per heavy atom. The van der Waals surface area contributed by atoms with Gasteiger partial charge in [0.15, 0.2) is 11.7 Å². The molecule has 27 heavy (non-hydrogen) atoms. The Balaban J connectivity index is 1.37. The van der Waals surface area contributed by atoms with Crippen molar-refractivity contribution in [2.75, 3.05) is 6.54 Å². The smallest absolute Gasteiger partial charge is 0.239 e. The third-order valence-electron chi connectivity index (χ3n) is 3.96. The SMILES string of the molecule is O=C(CCc1ncc(-c2ccccc2)o1)NCC(=O)NCc1ccccc1. The second-order valence-electron chi connectivity index (χ2n) is 6.02. The second kappa shape index (κ2) is 9.33. The van der Waals surface area contributed by atoms with Crippen LogP contribution in [0.15, 0.2) is 71.3 Å². The molecule has 2 aromatic carbocycles. The summed E-state index contributed by atoms with van der Waals surface area (Å²) >= 11 is 0. The monoisotopic (exact) mass is 363 g/mol. The van der Waals surface area contributed by atoms with Crippen molar-refractivity contribution in [3.05, 3.63) is 78.3 Å². The Morgan fingerprint density at radius 3 is 2.33 bits per heavy atom. The van der Waals surface area contributed by atoms with E-state index in [4.69, 9.17) is 4.42 Å². The molecule has 0 aliphatic heterocycles. The van der Waals surface area contributed by atoms with Crippen LogP contribution in [0.2, 0.25) is 0 Å². The van der Waals surface area contributed by atoms with Crippen molar-refractivity contribution < 1.29 is 14.0 Å². The predicted molar refractivity (Wildman–Crippen MR) is 102 cm³/mol.